The maximum absolute atomic E-state index is 11.9. The van der Waals surface area contributed by atoms with Crippen molar-refractivity contribution in [2.45, 2.75) is 51.1 Å². The quantitative estimate of drug-likeness (QED) is 0.413. The van der Waals surface area contributed by atoms with Gasteiger partial charge in [-0.25, -0.2) is 4.79 Å². The highest BCUT2D eigenvalue weighted by Gasteiger charge is 2.41. The van der Waals surface area contributed by atoms with Crippen molar-refractivity contribution in [2.24, 2.45) is 0 Å². The summed E-state index contributed by atoms with van der Waals surface area (Å²) in [5.41, 5.74) is -1.14. The number of hydrogen-bond donors (Lipinski definition) is 5. The smallest absolute Gasteiger partial charge is 0.342 e. The number of fused-ring (bicyclic) bond motifs is 1. The summed E-state index contributed by atoms with van der Waals surface area (Å²) >= 11 is 0. The first kappa shape index (κ1) is 20.0. The Morgan fingerprint density at radius 1 is 1.35 bits per heavy atom. The Balaban J connectivity index is 2.43. The molecule has 1 aliphatic heterocycles. The SMILES string of the molecule is COc1c(C)c2c(c(O)c1CC(O)C(C)(O)C(O)CC(=O)O)C(=O)OC2. The summed E-state index contributed by atoms with van der Waals surface area (Å²) < 4.78 is 10.2. The van der Waals surface area contributed by atoms with Crippen LogP contribution >= 0.6 is 0 Å². The summed E-state index contributed by atoms with van der Waals surface area (Å²) in [4.78, 5) is 22.6. The van der Waals surface area contributed by atoms with Crippen molar-refractivity contribution >= 4 is 11.9 Å². The van der Waals surface area contributed by atoms with Crippen molar-refractivity contribution in [1.82, 2.24) is 0 Å². The van der Waals surface area contributed by atoms with E-state index >= 15 is 0 Å². The minimum Gasteiger partial charge on any atom is -0.507 e. The van der Waals surface area contributed by atoms with E-state index in [1.165, 1.54) is 7.11 Å². The third kappa shape index (κ3) is 3.33. The van der Waals surface area contributed by atoms with Crippen LogP contribution in [0.5, 0.6) is 11.5 Å². The van der Waals surface area contributed by atoms with Crippen molar-refractivity contribution in [2.75, 3.05) is 7.11 Å². The zero-order valence-corrected chi connectivity index (χ0v) is 14.6. The zero-order chi connectivity index (χ0) is 19.8. The maximum Gasteiger partial charge on any atom is 0.342 e. The van der Waals surface area contributed by atoms with Gasteiger partial charge in [-0.15, -0.1) is 0 Å². The molecule has 0 aromatic heterocycles. The number of aliphatic hydroxyl groups is 3. The molecule has 1 aliphatic rings. The molecule has 0 amide bonds. The summed E-state index contributed by atoms with van der Waals surface area (Å²) in [6.45, 7) is 2.73. The summed E-state index contributed by atoms with van der Waals surface area (Å²) in [5.74, 6) is -2.28. The molecule has 9 heteroatoms. The van der Waals surface area contributed by atoms with Gasteiger partial charge in [0.2, 0.25) is 0 Å². The molecule has 1 heterocycles. The molecule has 1 aromatic rings. The lowest BCUT2D eigenvalue weighted by atomic mass is 9.85. The average molecular weight is 370 g/mol. The predicted molar refractivity (Wildman–Crippen MR) is 87.1 cm³/mol. The fourth-order valence-corrected chi connectivity index (χ4v) is 3.02. The molecule has 5 N–H and O–H groups in total. The van der Waals surface area contributed by atoms with E-state index in [-0.39, 0.29) is 29.9 Å². The molecule has 144 valence electrons. The summed E-state index contributed by atoms with van der Waals surface area (Å²) in [7, 11) is 1.35. The number of carboxylic acid groups (broad SMARTS) is 1. The highest BCUT2D eigenvalue weighted by atomic mass is 16.5. The minimum absolute atomic E-state index is 0.0121. The van der Waals surface area contributed by atoms with E-state index in [1.807, 2.05) is 0 Å². The molecule has 9 nitrogen and oxygen atoms in total. The van der Waals surface area contributed by atoms with E-state index in [1.54, 1.807) is 6.92 Å². The van der Waals surface area contributed by atoms with Crippen molar-refractivity contribution in [3.63, 3.8) is 0 Å². The summed E-state index contributed by atoms with van der Waals surface area (Å²) in [6, 6.07) is 0. The number of phenols is 1. The van der Waals surface area contributed by atoms with Gasteiger partial charge in [-0.1, -0.05) is 0 Å². The zero-order valence-electron chi connectivity index (χ0n) is 14.6. The molecule has 3 unspecified atom stereocenters. The normalized spacial score (nSPS) is 17.8. The molecule has 26 heavy (non-hydrogen) atoms. The molecule has 0 bridgehead atoms. The third-order valence-corrected chi connectivity index (χ3v) is 4.76. The predicted octanol–water partition coefficient (Wildman–Crippen LogP) is -0.130. The number of carboxylic acids is 1. The Bertz CT molecular complexity index is 738. The monoisotopic (exact) mass is 370 g/mol. The van der Waals surface area contributed by atoms with Crippen LogP contribution in [0.25, 0.3) is 0 Å². The van der Waals surface area contributed by atoms with Gasteiger partial charge in [0.1, 0.15) is 29.3 Å². The van der Waals surface area contributed by atoms with Crippen LogP contribution in [-0.4, -0.2) is 62.4 Å². The maximum atomic E-state index is 11.9. The van der Waals surface area contributed by atoms with Crippen LogP contribution < -0.4 is 4.74 Å². The standard InChI is InChI=1S/C17H22O9/c1-7-9-6-26-16(23)13(9)14(22)8(15(7)25-3)4-10(18)17(2,24)11(19)5-12(20)21/h10-11,18-19,22,24H,4-6H2,1-3H3,(H,20,21). The van der Waals surface area contributed by atoms with Gasteiger partial charge in [-0.3, -0.25) is 4.79 Å². The van der Waals surface area contributed by atoms with Gasteiger partial charge in [-0.05, 0) is 19.4 Å². The number of methoxy groups -OCH3 is 1. The van der Waals surface area contributed by atoms with Crippen molar-refractivity contribution in [3.05, 3.63) is 22.3 Å². The van der Waals surface area contributed by atoms with Crippen LogP contribution in [0.1, 0.15) is 40.4 Å². The first-order valence-corrected chi connectivity index (χ1v) is 7.91. The topological polar surface area (TPSA) is 154 Å². The van der Waals surface area contributed by atoms with E-state index in [0.717, 1.165) is 6.92 Å². The van der Waals surface area contributed by atoms with E-state index in [2.05, 4.69) is 0 Å². The highest BCUT2D eigenvalue weighted by molar-refractivity contribution is 5.98. The largest absolute Gasteiger partial charge is 0.507 e. The third-order valence-electron chi connectivity index (χ3n) is 4.76. The van der Waals surface area contributed by atoms with Crippen LogP contribution in [0, 0.1) is 6.92 Å². The van der Waals surface area contributed by atoms with Crippen LogP contribution in [-0.2, 0) is 22.6 Å². The number of ether oxygens (including phenoxy) is 2. The van der Waals surface area contributed by atoms with Crippen LogP contribution in [0.4, 0.5) is 0 Å². The number of aromatic hydroxyl groups is 1. The van der Waals surface area contributed by atoms with Crippen LogP contribution in [0.15, 0.2) is 0 Å². The van der Waals surface area contributed by atoms with Gasteiger partial charge in [-0.2, -0.15) is 0 Å². The first-order valence-electron chi connectivity index (χ1n) is 7.91. The fourth-order valence-electron chi connectivity index (χ4n) is 3.02. The molecule has 0 aliphatic carbocycles. The van der Waals surface area contributed by atoms with Gasteiger partial charge in [0.05, 0.1) is 25.7 Å². The molecular formula is C17H22O9. The lowest BCUT2D eigenvalue weighted by Gasteiger charge is -2.33. The number of aliphatic hydroxyl groups excluding tert-OH is 2. The highest BCUT2D eigenvalue weighted by Crippen LogP contribution is 2.42. The minimum atomic E-state index is -2.18. The van der Waals surface area contributed by atoms with Gasteiger partial charge in [0, 0.05) is 17.5 Å². The van der Waals surface area contributed by atoms with Crippen molar-refractivity contribution in [1.29, 1.82) is 0 Å². The summed E-state index contributed by atoms with van der Waals surface area (Å²) in [5, 5.41) is 49.9. The Labute approximate surface area is 149 Å². The molecule has 0 spiro atoms. The molecule has 0 saturated heterocycles. The van der Waals surface area contributed by atoms with Crippen LogP contribution in [0.3, 0.4) is 0 Å². The number of benzene rings is 1. The second-order valence-electron chi connectivity index (χ2n) is 6.47. The molecular weight excluding hydrogens is 348 g/mol. The average Bonchev–Trinajstić information content (AvgIpc) is 2.94. The van der Waals surface area contributed by atoms with Crippen LogP contribution in [0.2, 0.25) is 0 Å². The number of esters is 1. The van der Waals surface area contributed by atoms with Gasteiger partial charge in [0.25, 0.3) is 0 Å². The Hall–Kier alpha value is -2.36. The molecule has 3 atom stereocenters. The number of hydrogen-bond acceptors (Lipinski definition) is 8. The number of aliphatic carboxylic acids is 1. The second kappa shape index (κ2) is 7.10. The van der Waals surface area contributed by atoms with Gasteiger partial charge >= 0.3 is 11.9 Å². The Morgan fingerprint density at radius 2 is 1.96 bits per heavy atom. The fraction of sp³-hybridized carbons (Fsp3) is 0.529. The van der Waals surface area contributed by atoms with Gasteiger partial charge < -0.3 is 35.0 Å². The molecule has 0 fully saturated rings. The number of rotatable bonds is 7. The lowest BCUT2D eigenvalue weighted by Crippen LogP contribution is -2.51. The van der Waals surface area contributed by atoms with E-state index in [9.17, 15) is 30.0 Å². The van der Waals surface area contributed by atoms with Gasteiger partial charge in [0.15, 0.2) is 0 Å². The second-order valence-corrected chi connectivity index (χ2v) is 6.47. The molecule has 0 saturated carbocycles. The first-order chi connectivity index (χ1) is 12.0. The number of carbonyl (C=O) groups excluding carboxylic acids is 1. The van der Waals surface area contributed by atoms with E-state index in [0.29, 0.717) is 11.1 Å². The molecule has 2 rings (SSSR count). The Kier molecular flexibility index (Phi) is 5.45. The van der Waals surface area contributed by atoms with E-state index in [4.69, 9.17) is 14.6 Å². The number of cyclic esters (lactones) is 1. The number of carbonyl (C=O) groups is 2. The summed E-state index contributed by atoms with van der Waals surface area (Å²) in [6.07, 6.45) is -4.56. The lowest BCUT2D eigenvalue weighted by molar-refractivity contribution is -0.156. The van der Waals surface area contributed by atoms with E-state index < -0.39 is 41.9 Å². The molecule has 1 aromatic carbocycles. The Morgan fingerprint density at radius 3 is 2.50 bits per heavy atom. The van der Waals surface area contributed by atoms with Crippen molar-refractivity contribution < 1.29 is 44.6 Å². The van der Waals surface area contributed by atoms with Crippen molar-refractivity contribution in [3.8, 4) is 11.5 Å². The number of phenolic OH excluding ortho intramolecular Hbond substituents is 1. The molecule has 0 radical (unpaired) electrons.